The average molecular weight is 482 g/mol. The van der Waals surface area contributed by atoms with E-state index in [0.717, 1.165) is 22.7 Å². The molecule has 1 fully saturated rings. The fraction of sp³-hybridized carbons (Fsp3) is 0.562. The lowest BCUT2D eigenvalue weighted by Crippen LogP contribution is -2.43. The molecule has 1 aliphatic rings. The molecule has 0 bridgehead atoms. The largest absolute Gasteiger partial charge is 0.496 e. The maximum Gasteiger partial charge on any atom is 0.191 e. The first-order valence-corrected chi connectivity index (χ1v) is 8.32. The van der Waals surface area contributed by atoms with Gasteiger partial charge in [-0.2, -0.15) is 0 Å². The number of ether oxygens (including phenoxy) is 1. The molecule has 0 atom stereocenters. The summed E-state index contributed by atoms with van der Waals surface area (Å²) in [6.07, 6.45) is 6.49. The fourth-order valence-corrected chi connectivity index (χ4v) is 3.23. The summed E-state index contributed by atoms with van der Waals surface area (Å²) in [5.41, 5.74) is 1.19. The van der Waals surface area contributed by atoms with Gasteiger partial charge >= 0.3 is 0 Å². The van der Waals surface area contributed by atoms with Crippen LogP contribution in [0, 0.1) is 0 Å². The lowest BCUT2D eigenvalue weighted by Gasteiger charge is -2.25. The monoisotopic (exact) mass is 481 g/mol. The van der Waals surface area contributed by atoms with Crippen molar-refractivity contribution in [3.8, 4) is 5.75 Å². The summed E-state index contributed by atoms with van der Waals surface area (Å²) in [7, 11) is 3.50. The van der Waals surface area contributed by atoms with Gasteiger partial charge < -0.3 is 15.4 Å². The smallest absolute Gasteiger partial charge is 0.191 e. The molecule has 0 spiro atoms. The molecule has 1 saturated carbocycles. The molecular formula is C16H25BrIN3O. The molecule has 2 rings (SSSR count). The van der Waals surface area contributed by atoms with Crippen molar-refractivity contribution in [2.24, 2.45) is 4.99 Å². The van der Waals surface area contributed by atoms with Gasteiger partial charge in [0.25, 0.3) is 0 Å². The van der Waals surface area contributed by atoms with E-state index in [2.05, 4.69) is 43.7 Å². The second-order valence-electron chi connectivity index (χ2n) is 5.37. The van der Waals surface area contributed by atoms with Gasteiger partial charge in [-0.05, 0) is 46.5 Å². The molecule has 0 amide bonds. The third-order valence-corrected chi connectivity index (χ3v) is 4.47. The van der Waals surface area contributed by atoms with Crippen molar-refractivity contribution in [2.45, 2.75) is 44.7 Å². The Morgan fingerprint density at radius 2 is 2.05 bits per heavy atom. The van der Waals surface area contributed by atoms with Gasteiger partial charge in [0.15, 0.2) is 5.96 Å². The SMILES string of the molecule is CN=C(NCc1ccc(OC)c(Br)c1)NC1CCCCC1.I. The van der Waals surface area contributed by atoms with Crippen LogP contribution in [0.4, 0.5) is 0 Å². The summed E-state index contributed by atoms with van der Waals surface area (Å²) in [5.74, 6) is 1.73. The summed E-state index contributed by atoms with van der Waals surface area (Å²) in [5, 5.41) is 6.89. The van der Waals surface area contributed by atoms with Crippen molar-refractivity contribution in [3.63, 3.8) is 0 Å². The number of guanidine groups is 1. The van der Waals surface area contributed by atoms with Crippen LogP contribution in [0.2, 0.25) is 0 Å². The standard InChI is InChI=1S/C16H24BrN3O.HI/c1-18-16(20-13-6-4-3-5-7-13)19-11-12-8-9-15(21-2)14(17)10-12;/h8-10,13H,3-7,11H2,1-2H3,(H2,18,19,20);1H. The maximum absolute atomic E-state index is 5.24. The molecule has 124 valence electrons. The third kappa shape index (κ3) is 5.95. The van der Waals surface area contributed by atoms with Gasteiger partial charge in [0.2, 0.25) is 0 Å². The summed E-state index contributed by atoms with van der Waals surface area (Å²) in [4.78, 5) is 4.31. The normalized spacial score (nSPS) is 15.9. The van der Waals surface area contributed by atoms with E-state index in [9.17, 15) is 0 Å². The molecule has 1 aliphatic carbocycles. The van der Waals surface area contributed by atoms with Crippen LogP contribution in [0.5, 0.6) is 5.75 Å². The summed E-state index contributed by atoms with van der Waals surface area (Å²) in [6.45, 7) is 0.745. The quantitative estimate of drug-likeness (QED) is 0.387. The minimum atomic E-state index is 0. The highest BCUT2D eigenvalue weighted by atomic mass is 127. The molecule has 0 heterocycles. The number of hydrogen-bond donors (Lipinski definition) is 2. The summed E-state index contributed by atoms with van der Waals surface area (Å²) < 4.78 is 6.22. The molecule has 0 aromatic heterocycles. The Morgan fingerprint density at radius 1 is 1.32 bits per heavy atom. The summed E-state index contributed by atoms with van der Waals surface area (Å²) >= 11 is 3.51. The minimum Gasteiger partial charge on any atom is -0.496 e. The third-order valence-electron chi connectivity index (χ3n) is 3.85. The van der Waals surface area contributed by atoms with Crippen LogP contribution in [0.3, 0.4) is 0 Å². The molecule has 0 saturated heterocycles. The lowest BCUT2D eigenvalue weighted by atomic mass is 9.96. The zero-order valence-corrected chi connectivity index (χ0v) is 17.1. The van der Waals surface area contributed by atoms with Gasteiger partial charge in [0.05, 0.1) is 11.6 Å². The number of nitrogens with zero attached hydrogens (tertiary/aromatic N) is 1. The van der Waals surface area contributed by atoms with Crippen LogP contribution in [0.25, 0.3) is 0 Å². The van der Waals surface area contributed by atoms with Crippen LogP contribution >= 0.6 is 39.9 Å². The van der Waals surface area contributed by atoms with Gasteiger partial charge in [-0.1, -0.05) is 25.3 Å². The molecule has 4 nitrogen and oxygen atoms in total. The van der Waals surface area contributed by atoms with Crippen LogP contribution < -0.4 is 15.4 Å². The van der Waals surface area contributed by atoms with E-state index in [1.807, 2.05) is 13.1 Å². The van der Waals surface area contributed by atoms with Crippen LogP contribution in [-0.4, -0.2) is 26.2 Å². The average Bonchev–Trinajstić information content (AvgIpc) is 2.52. The van der Waals surface area contributed by atoms with E-state index in [-0.39, 0.29) is 24.0 Å². The molecule has 0 radical (unpaired) electrons. The number of methoxy groups -OCH3 is 1. The second-order valence-corrected chi connectivity index (χ2v) is 6.23. The number of nitrogens with one attached hydrogen (secondary N) is 2. The van der Waals surface area contributed by atoms with Crippen LogP contribution in [0.1, 0.15) is 37.7 Å². The van der Waals surface area contributed by atoms with Crippen LogP contribution in [0.15, 0.2) is 27.7 Å². The molecule has 22 heavy (non-hydrogen) atoms. The zero-order valence-electron chi connectivity index (χ0n) is 13.2. The first-order valence-electron chi connectivity index (χ1n) is 7.52. The van der Waals surface area contributed by atoms with E-state index in [4.69, 9.17) is 4.74 Å². The molecular weight excluding hydrogens is 457 g/mol. The van der Waals surface area contributed by atoms with Gasteiger partial charge in [-0.15, -0.1) is 24.0 Å². The molecule has 1 aromatic carbocycles. The molecule has 0 unspecified atom stereocenters. The minimum absolute atomic E-state index is 0. The Bertz CT molecular complexity index is 490. The van der Waals surface area contributed by atoms with E-state index < -0.39 is 0 Å². The molecule has 6 heteroatoms. The van der Waals surface area contributed by atoms with Crippen LogP contribution in [-0.2, 0) is 6.54 Å². The number of hydrogen-bond acceptors (Lipinski definition) is 2. The van der Waals surface area contributed by atoms with Gasteiger partial charge in [-0.3, -0.25) is 4.99 Å². The van der Waals surface area contributed by atoms with Crippen molar-refractivity contribution in [1.82, 2.24) is 10.6 Å². The Balaban J connectivity index is 0.00000242. The topological polar surface area (TPSA) is 45.7 Å². The number of aliphatic imine (C=N–C) groups is 1. The van der Waals surface area contributed by atoms with Crippen molar-refractivity contribution in [1.29, 1.82) is 0 Å². The van der Waals surface area contributed by atoms with Crippen molar-refractivity contribution in [3.05, 3.63) is 28.2 Å². The Morgan fingerprint density at radius 3 is 2.64 bits per heavy atom. The Hall–Kier alpha value is -0.500. The predicted octanol–water partition coefficient (Wildman–Crippen LogP) is 4.07. The van der Waals surface area contributed by atoms with Crippen molar-refractivity contribution in [2.75, 3.05) is 14.2 Å². The summed E-state index contributed by atoms with van der Waals surface area (Å²) in [6, 6.07) is 6.66. The fourth-order valence-electron chi connectivity index (χ4n) is 2.64. The van der Waals surface area contributed by atoms with E-state index in [1.165, 1.54) is 37.7 Å². The van der Waals surface area contributed by atoms with E-state index >= 15 is 0 Å². The van der Waals surface area contributed by atoms with Crippen molar-refractivity contribution >= 4 is 45.9 Å². The molecule has 1 aromatic rings. The molecule has 2 N–H and O–H groups in total. The number of benzene rings is 1. The first-order chi connectivity index (χ1) is 10.2. The highest BCUT2D eigenvalue weighted by Crippen LogP contribution is 2.25. The van der Waals surface area contributed by atoms with E-state index in [1.54, 1.807) is 7.11 Å². The predicted molar refractivity (Wildman–Crippen MR) is 106 cm³/mol. The van der Waals surface area contributed by atoms with Gasteiger partial charge in [0.1, 0.15) is 5.75 Å². The van der Waals surface area contributed by atoms with Crippen molar-refractivity contribution < 1.29 is 4.74 Å². The number of halogens is 2. The number of rotatable bonds is 4. The van der Waals surface area contributed by atoms with Gasteiger partial charge in [-0.25, -0.2) is 0 Å². The van der Waals surface area contributed by atoms with Gasteiger partial charge in [0, 0.05) is 19.6 Å². The second kappa shape index (κ2) is 10.3. The zero-order chi connectivity index (χ0) is 15.1. The maximum atomic E-state index is 5.24. The lowest BCUT2D eigenvalue weighted by molar-refractivity contribution is 0.410. The molecule has 0 aliphatic heterocycles. The highest BCUT2D eigenvalue weighted by molar-refractivity contribution is 14.0. The first kappa shape index (κ1) is 19.5. The Labute approximate surface area is 158 Å². The van der Waals surface area contributed by atoms with E-state index in [0.29, 0.717) is 6.04 Å². The highest BCUT2D eigenvalue weighted by Gasteiger charge is 2.14. The Kier molecular flexibility index (Phi) is 9.16.